The maximum atomic E-state index is 12.5. The van der Waals surface area contributed by atoms with Crippen LogP contribution in [0.15, 0.2) is 24.3 Å². The molecule has 0 aromatic heterocycles. The Balaban J connectivity index is 1.63. The zero-order valence-corrected chi connectivity index (χ0v) is 12.6. The van der Waals surface area contributed by atoms with Gasteiger partial charge in [0.05, 0.1) is 6.10 Å². The van der Waals surface area contributed by atoms with Crippen LogP contribution in [0.5, 0.6) is 5.75 Å². The van der Waals surface area contributed by atoms with Crippen molar-refractivity contribution >= 4 is 5.78 Å². The monoisotopic (exact) mass is 287 g/mol. The highest BCUT2D eigenvalue weighted by Gasteiger charge is 2.33. The van der Waals surface area contributed by atoms with Gasteiger partial charge in [-0.3, -0.25) is 4.79 Å². The second-order valence-corrected chi connectivity index (χ2v) is 6.71. The predicted octanol–water partition coefficient (Wildman–Crippen LogP) is 3.71. The molecular formula is C18H25NO2. The largest absolute Gasteiger partial charge is 0.490 e. The summed E-state index contributed by atoms with van der Waals surface area (Å²) in [7, 11) is 0. The molecule has 2 fully saturated rings. The molecule has 2 aliphatic carbocycles. The van der Waals surface area contributed by atoms with E-state index in [9.17, 15) is 4.79 Å². The fourth-order valence-electron chi connectivity index (χ4n) is 3.30. The first kappa shape index (κ1) is 14.6. The molecule has 0 heterocycles. The highest BCUT2D eigenvalue weighted by atomic mass is 16.5. The summed E-state index contributed by atoms with van der Waals surface area (Å²) in [4.78, 5) is 12.5. The average molecular weight is 287 g/mol. The Hall–Kier alpha value is -1.35. The van der Waals surface area contributed by atoms with Crippen molar-refractivity contribution in [3.05, 3.63) is 29.8 Å². The van der Waals surface area contributed by atoms with Crippen molar-refractivity contribution in [2.45, 2.75) is 57.5 Å². The van der Waals surface area contributed by atoms with E-state index in [2.05, 4.69) is 0 Å². The molecule has 1 aromatic rings. The summed E-state index contributed by atoms with van der Waals surface area (Å²) in [5.74, 6) is 1.10. The first-order valence-electron chi connectivity index (χ1n) is 8.21. The number of ketones is 1. The Morgan fingerprint density at radius 3 is 2.38 bits per heavy atom. The standard InChI is InChI=1S/C18H25NO2/c19-13-18(10-2-1-3-11-18)12-17(20)14-4-6-15(7-5-14)21-16-8-9-16/h4-7,16H,1-3,8-13,19H2. The molecule has 0 saturated heterocycles. The van der Waals surface area contributed by atoms with E-state index in [1.165, 1.54) is 19.3 Å². The first-order valence-corrected chi connectivity index (χ1v) is 8.21. The van der Waals surface area contributed by atoms with E-state index < -0.39 is 0 Å². The Labute approximate surface area is 126 Å². The van der Waals surface area contributed by atoms with Crippen molar-refractivity contribution in [1.29, 1.82) is 0 Å². The lowest BCUT2D eigenvalue weighted by molar-refractivity contribution is 0.0868. The second-order valence-electron chi connectivity index (χ2n) is 6.71. The summed E-state index contributed by atoms with van der Waals surface area (Å²) in [6.07, 6.45) is 9.18. The fraction of sp³-hybridized carbons (Fsp3) is 0.611. The molecule has 2 N–H and O–H groups in total. The molecule has 2 aliphatic rings. The molecule has 0 amide bonds. The van der Waals surface area contributed by atoms with Crippen LogP contribution in [0.4, 0.5) is 0 Å². The third kappa shape index (κ3) is 3.65. The van der Waals surface area contributed by atoms with E-state index in [1.807, 2.05) is 24.3 Å². The van der Waals surface area contributed by atoms with Crippen molar-refractivity contribution in [3.63, 3.8) is 0 Å². The third-order valence-corrected chi connectivity index (χ3v) is 4.89. The van der Waals surface area contributed by atoms with Gasteiger partial charge in [-0.1, -0.05) is 19.3 Å². The Bertz CT molecular complexity index is 484. The minimum absolute atomic E-state index is 0.0402. The Kier molecular flexibility index (Phi) is 4.29. The van der Waals surface area contributed by atoms with Crippen LogP contribution in [0, 0.1) is 5.41 Å². The summed E-state index contributed by atoms with van der Waals surface area (Å²) in [6.45, 7) is 0.627. The number of Topliss-reactive ketones (excluding diaryl/α,β-unsaturated/α-hetero) is 1. The number of ether oxygens (including phenoxy) is 1. The van der Waals surface area contributed by atoms with Gasteiger partial charge in [0.25, 0.3) is 0 Å². The van der Waals surface area contributed by atoms with Crippen LogP contribution >= 0.6 is 0 Å². The number of carbonyl (C=O) groups is 1. The van der Waals surface area contributed by atoms with Crippen molar-refractivity contribution in [3.8, 4) is 5.75 Å². The number of hydrogen-bond donors (Lipinski definition) is 1. The van der Waals surface area contributed by atoms with E-state index >= 15 is 0 Å². The van der Waals surface area contributed by atoms with Crippen molar-refractivity contribution in [2.75, 3.05) is 6.54 Å². The summed E-state index contributed by atoms with van der Waals surface area (Å²) in [5.41, 5.74) is 6.81. The summed E-state index contributed by atoms with van der Waals surface area (Å²) >= 11 is 0. The van der Waals surface area contributed by atoms with Gasteiger partial charge in [0.15, 0.2) is 5.78 Å². The minimum Gasteiger partial charge on any atom is -0.490 e. The zero-order valence-electron chi connectivity index (χ0n) is 12.6. The van der Waals surface area contributed by atoms with Crippen molar-refractivity contribution in [2.24, 2.45) is 11.1 Å². The van der Waals surface area contributed by atoms with E-state index in [4.69, 9.17) is 10.5 Å². The smallest absolute Gasteiger partial charge is 0.163 e. The minimum atomic E-state index is 0.0402. The van der Waals surface area contributed by atoms with Gasteiger partial charge in [0.2, 0.25) is 0 Å². The Morgan fingerprint density at radius 2 is 1.81 bits per heavy atom. The zero-order chi connectivity index (χ0) is 14.7. The molecule has 3 nitrogen and oxygen atoms in total. The topological polar surface area (TPSA) is 52.3 Å². The van der Waals surface area contributed by atoms with Gasteiger partial charge in [0.1, 0.15) is 5.75 Å². The number of carbonyl (C=O) groups excluding carboxylic acids is 1. The van der Waals surface area contributed by atoms with Crippen LogP contribution in [0.2, 0.25) is 0 Å². The van der Waals surface area contributed by atoms with Crippen LogP contribution < -0.4 is 10.5 Å². The van der Waals surface area contributed by atoms with Crippen LogP contribution in [0.1, 0.15) is 61.7 Å². The van der Waals surface area contributed by atoms with Crippen molar-refractivity contribution in [1.82, 2.24) is 0 Å². The van der Waals surface area contributed by atoms with Gasteiger partial charge < -0.3 is 10.5 Å². The molecule has 3 heteroatoms. The van der Waals surface area contributed by atoms with E-state index in [0.29, 0.717) is 19.1 Å². The quantitative estimate of drug-likeness (QED) is 0.811. The first-order chi connectivity index (χ1) is 10.2. The molecule has 0 radical (unpaired) electrons. The molecule has 0 unspecified atom stereocenters. The molecule has 114 valence electrons. The molecule has 0 atom stereocenters. The van der Waals surface area contributed by atoms with Gasteiger partial charge in [-0.05, 0) is 61.9 Å². The summed E-state index contributed by atoms with van der Waals surface area (Å²) in [6, 6.07) is 7.63. The lowest BCUT2D eigenvalue weighted by Crippen LogP contribution is -2.35. The molecular weight excluding hydrogens is 262 g/mol. The molecule has 2 saturated carbocycles. The number of nitrogens with two attached hydrogens (primary N) is 1. The van der Waals surface area contributed by atoms with Gasteiger partial charge >= 0.3 is 0 Å². The SMILES string of the molecule is NCC1(CC(=O)c2ccc(OC3CC3)cc2)CCCCC1. The van der Waals surface area contributed by atoms with Crippen LogP contribution in [-0.4, -0.2) is 18.4 Å². The molecule has 0 spiro atoms. The van der Waals surface area contributed by atoms with Gasteiger partial charge in [0, 0.05) is 12.0 Å². The van der Waals surface area contributed by atoms with Gasteiger partial charge in [-0.2, -0.15) is 0 Å². The molecule has 1 aromatic carbocycles. The lowest BCUT2D eigenvalue weighted by atomic mass is 9.70. The maximum absolute atomic E-state index is 12.5. The second kappa shape index (κ2) is 6.18. The van der Waals surface area contributed by atoms with Crippen molar-refractivity contribution < 1.29 is 9.53 Å². The van der Waals surface area contributed by atoms with E-state index in [1.54, 1.807) is 0 Å². The summed E-state index contributed by atoms with van der Waals surface area (Å²) in [5, 5.41) is 0. The highest BCUT2D eigenvalue weighted by molar-refractivity contribution is 5.96. The summed E-state index contributed by atoms with van der Waals surface area (Å²) < 4.78 is 5.72. The predicted molar refractivity (Wildman–Crippen MR) is 83.6 cm³/mol. The fourth-order valence-corrected chi connectivity index (χ4v) is 3.30. The number of rotatable bonds is 6. The Morgan fingerprint density at radius 1 is 1.14 bits per heavy atom. The van der Waals surface area contributed by atoms with Gasteiger partial charge in [-0.15, -0.1) is 0 Å². The molecule has 21 heavy (non-hydrogen) atoms. The van der Waals surface area contributed by atoms with E-state index in [-0.39, 0.29) is 11.2 Å². The molecule has 3 rings (SSSR count). The van der Waals surface area contributed by atoms with Crippen LogP contribution in [-0.2, 0) is 0 Å². The van der Waals surface area contributed by atoms with Crippen LogP contribution in [0.3, 0.4) is 0 Å². The molecule has 0 bridgehead atoms. The van der Waals surface area contributed by atoms with E-state index in [0.717, 1.165) is 37.0 Å². The maximum Gasteiger partial charge on any atom is 0.163 e. The van der Waals surface area contributed by atoms with Gasteiger partial charge in [-0.25, -0.2) is 0 Å². The third-order valence-electron chi connectivity index (χ3n) is 4.89. The number of benzene rings is 1. The van der Waals surface area contributed by atoms with Crippen LogP contribution in [0.25, 0.3) is 0 Å². The lowest BCUT2D eigenvalue weighted by Gasteiger charge is -2.35. The highest BCUT2D eigenvalue weighted by Crippen LogP contribution is 2.39. The molecule has 0 aliphatic heterocycles. The average Bonchev–Trinajstić information content (AvgIpc) is 3.33. The normalized spacial score (nSPS) is 21.0. The number of hydrogen-bond acceptors (Lipinski definition) is 3.